The first-order valence-electron chi connectivity index (χ1n) is 8.94. The van der Waals surface area contributed by atoms with E-state index in [1.54, 1.807) is 25.4 Å². The van der Waals surface area contributed by atoms with Crippen LogP contribution in [0.4, 0.5) is 4.39 Å². The maximum atomic E-state index is 15.4. The van der Waals surface area contributed by atoms with Crippen LogP contribution in [-0.4, -0.2) is 21.8 Å². The second-order valence-corrected chi connectivity index (χ2v) is 6.39. The third-order valence-corrected chi connectivity index (χ3v) is 4.60. The van der Waals surface area contributed by atoms with E-state index < -0.39 is 6.17 Å². The van der Waals surface area contributed by atoms with Crippen LogP contribution in [0.1, 0.15) is 11.7 Å². The summed E-state index contributed by atoms with van der Waals surface area (Å²) >= 11 is 0. The predicted octanol–water partition coefficient (Wildman–Crippen LogP) is 4.81. The van der Waals surface area contributed by atoms with E-state index in [0.717, 1.165) is 22.2 Å². The van der Waals surface area contributed by atoms with Gasteiger partial charge in [-0.15, -0.1) is 0 Å². The van der Waals surface area contributed by atoms with E-state index in [1.165, 1.54) is 4.68 Å². The highest BCUT2D eigenvalue weighted by molar-refractivity contribution is 5.79. The van der Waals surface area contributed by atoms with E-state index in [2.05, 4.69) is 21.7 Å². The third kappa shape index (κ3) is 3.34. The van der Waals surface area contributed by atoms with Crippen molar-refractivity contribution in [3.8, 4) is 11.3 Å². The molecule has 4 rings (SSSR count). The molecule has 28 heavy (non-hydrogen) atoms. The van der Waals surface area contributed by atoms with Gasteiger partial charge in [0.1, 0.15) is 5.49 Å². The van der Waals surface area contributed by atoms with Gasteiger partial charge in [-0.25, -0.2) is 9.07 Å². The van der Waals surface area contributed by atoms with E-state index in [4.69, 9.17) is 0 Å². The minimum Gasteiger partial charge on any atom is -0.270 e. The number of hydrogen-bond acceptors (Lipinski definition) is 3. The van der Waals surface area contributed by atoms with Crippen LogP contribution < -0.4 is 5.49 Å². The first kappa shape index (κ1) is 17.8. The Morgan fingerprint density at radius 3 is 2.64 bits per heavy atom. The molecular weight excluding hydrogens is 351 g/mol. The summed E-state index contributed by atoms with van der Waals surface area (Å²) in [4.78, 5) is 8.50. The Kier molecular flexibility index (Phi) is 4.81. The number of alkyl halides is 1. The second kappa shape index (κ2) is 7.56. The Labute approximate surface area is 162 Å². The van der Waals surface area contributed by atoms with Crippen molar-refractivity contribution in [3.63, 3.8) is 0 Å². The van der Waals surface area contributed by atoms with Gasteiger partial charge >= 0.3 is 0 Å². The lowest BCUT2D eigenvalue weighted by atomic mass is 10.1. The summed E-state index contributed by atoms with van der Waals surface area (Å²) in [6, 6.07) is 22.5. The number of halogens is 1. The van der Waals surface area contributed by atoms with Crippen LogP contribution in [0.15, 0.2) is 90.6 Å². The summed E-state index contributed by atoms with van der Waals surface area (Å²) in [5, 5.41) is 5.47. The topological polar surface area (TPSA) is 43.1 Å². The summed E-state index contributed by atoms with van der Waals surface area (Å²) in [7, 11) is 1.65. The summed E-state index contributed by atoms with van der Waals surface area (Å²) in [6.45, 7) is 3.97. The van der Waals surface area contributed by atoms with Crippen LogP contribution in [0.2, 0.25) is 0 Å². The lowest BCUT2D eigenvalue weighted by Gasteiger charge is -2.16. The molecule has 0 aliphatic carbocycles. The first-order valence-corrected chi connectivity index (χ1v) is 8.94. The number of allylic oxidation sites excluding steroid dienone is 1. The van der Waals surface area contributed by atoms with Crippen molar-refractivity contribution in [1.29, 1.82) is 0 Å². The quantitative estimate of drug-likeness (QED) is 0.517. The Balaban J connectivity index is 1.75. The molecule has 0 bridgehead atoms. The van der Waals surface area contributed by atoms with E-state index in [-0.39, 0.29) is 5.70 Å². The summed E-state index contributed by atoms with van der Waals surface area (Å²) in [5.74, 6) is 0. The van der Waals surface area contributed by atoms with E-state index in [0.29, 0.717) is 11.1 Å². The standard InChI is InChI=1S/C23H19FN4/c1-16(23(24)19-10-11-20-18(15-19)9-6-14-26-20)28-22(25-2)13-12-21(27-28)17-7-4-3-5-8-17/h3-15,23H,1H2,2H3. The zero-order valence-corrected chi connectivity index (χ0v) is 15.5. The molecule has 0 amide bonds. The van der Waals surface area contributed by atoms with Gasteiger partial charge in [0, 0.05) is 24.2 Å². The van der Waals surface area contributed by atoms with Crippen LogP contribution in [0.5, 0.6) is 0 Å². The molecule has 4 aromatic rings. The lowest BCUT2D eigenvalue weighted by molar-refractivity contribution is 0.410. The largest absolute Gasteiger partial charge is 0.270 e. The maximum absolute atomic E-state index is 15.4. The molecule has 2 aromatic carbocycles. The second-order valence-electron chi connectivity index (χ2n) is 6.39. The Morgan fingerprint density at radius 1 is 1.04 bits per heavy atom. The van der Waals surface area contributed by atoms with Gasteiger partial charge in [-0.2, -0.15) is 5.10 Å². The first-order chi connectivity index (χ1) is 13.7. The summed E-state index contributed by atoms with van der Waals surface area (Å²) in [5.41, 5.74) is 3.75. The van der Waals surface area contributed by atoms with Crippen molar-refractivity contribution in [2.45, 2.75) is 6.17 Å². The van der Waals surface area contributed by atoms with Crippen LogP contribution in [0.25, 0.3) is 27.9 Å². The number of hydrogen-bond donors (Lipinski definition) is 0. The van der Waals surface area contributed by atoms with Crippen molar-refractivity contribution in [1.82, 2.24) is 14.8 Å². The molecule has 4 nitrogen and oxygen atoms in total. The van der Waals surface area contributed by atoms with Gasteiger partial charge in [-0.1, -0.05) is 49.0 Å². The van der Waals surface area contributed by atoms with Gasteiger partial charge in [0.2, 0.25) is 0 Å². The number of rotatable bonds is 4. The SMILES string of the molecule is C=C(C(F)c1ccc2ncccc2c1)n1nc(-c2ccccc2)ccc1=NC. The van der Waals surface area contributed by atoms with Crippen molar-refractivity contribution in [2.75, 3.05) is 7.05 Å². The van der Waals surface area contributed by atoms with Gasteiger partial charge in [0.25, 0.3) is 0 Å². The van der Waals surface area contributed by atoms with E-state index in [9.17, 15) is 0 Å². The summed E-state index contributed by atoms with van der Waals surface area (Å²) < 4.78 is 16.8. The van der Waals surface area contributed by atoms with Crippen molar-refractivity contribution in [3.05, 3.63) is 96.6 Å². The zero-order valence-electron chi connectivity index (χ0n) is 15.5. The Morgan fingerprint density at radius 2 is 1.86 bits per heavy atom. The zero-order chi connectivity index (χ0) is 19.5. The molecule has 5 heteroatoms. The molecular formula is C23H19FN4. The smallest absolute Gasteiger partial charge is 0.167 e. The third-order valence-electron chi connectivity index (χ3n) is 4.60. The number of aromatic nitrogens is 3. The molecule has 0 N–H and O–H groups in total. The van der Waals surface area contributed by atoms with Crippen molar-refractivity contribution in [2.24, 2.45) is 4.99 Å². The molecule has 138 valence electrons. The molecule has 0 radical (unpaired) electrons. The fraction of sp³-hybridized carbons (Fsp3) is 0.0870. The average Bonchev–Trinajstić information content (AvgIpc) is 2.78. The Bertz CT molecular complexity index is 1210. The van der Waals surface area contributed by atoms with E-state index in [1.807, 2.05) is 60.7 Å². The van der Waals surface area contributed by atoms with Crippen LogP contribution >= 0.6 is 0 Å². The number of pyridine rings is 1. The molecule has 2 aromatic heterocycles. The van der Waals surface area contributed by atoms with Crippen LogP contribution in [0.3, 0.4) is 0 Å². The minimum absolute atomic E-state index is 0.210. The predicted molar refractivity (Wildman–Crippen MR) is 110 cm³/mol. The monoisotopic (exact) mass is 370 g/mol. The molecule has 0 spiro atoms. The fourth-order valence-electron chi connectivity index (χ4n) is 3.11. The minimum atomic E-state index is -1.42. The van der Waals surface area contributed by atoms with Gasteiger partial charge in [0.15, 0.2) is 6.17 Å². The molecule has 1 atom stereocenters. The molecule has 0 aliphatic heterocycles. The van der Waals surface area contributed by atoms with Gasteiger partial charge in [-0.3, -0.25) is 9.98 Å². The average molecular weight is 370 g/mol. The normalized spacial score (nSPS) is 12.9. The van der Waals surface area contributed by atoms with Gasteiger partial charge in [0.05, 0.1) is 16.9 Å². The molecule has 2 heterocycles. The molecule has 0 saturated carbocycles. The van der Waals surface area contributed by atoms with Crippen LogP contribution in [-0.2, 0) is 0 Å². The molecule has 0 aliphatic rings. The lowest BCUT2D eigenvalue weighted by Crippen LogP contribution is -2.24. The van der Waals surface area contributed by atoms with E-state index >= 15 is 4.39 Å². The highest BCUT2D eigenvalue weighted by Crippen LogP contribution is 2.29. The van der Waals surface area contributed by atoms with Gasteiger partial charge < -0.3 is 0 Å². The van der Waals surface area contributed by atoms with Crippen LogP contribution in [0, 0.1) is 0 Å². The fourth-order valence-corrected chi connectivity index (χ4v) is 3.11. The summed E-state index contributed by atoms with van der Waals surface area (Å²) in [6.07, 6.45) is 0.297. The Hall–Kier alpha value is -3.60. The van der Waals surface area contributed by atoms with Gasteiger partial charge in [-0.05, 0) is 35.9 Å². The maximum Gasteiger partial charge on any atom is 0.167 e. The number of nitrogens with zero attached hydrogens (tertiary/aromatic N) is 4. The van der Waals surface area contributed by atoms with Crippen molar-refractivity contribution >= 4 is 16.6 Å². The van der Waals surface area contributed by atoms with Crippen molar-refractivity contribution < 1.29 is 4.39 Å². The molecule has 0 fully saturated rings. The number of benzene rings is 2. The highest BCUT2D eigenvalue weighted by atomic mass is 19.1. The molecule has 0 saturated heterocycles. The highest BCUT2D eigenvalue weighted by Gasteiger charge is 2.18. The molecule has 1 unspecified atom stereocenters. The number of fused-ring (bicyclic) bond motifs is 1.